The fourth-order valence-corrected chi connectivity index (χ4v) is 3.93. The molecule has 3 rings (SSSR count). The van der Waals surface area contributed by atoms with Crippen molar-refractivity contribution in [2.75, 3.05) is 5.32 Å². The Morgan fingerprint density at radius 1 is 1.13 bits per heavy atom. The molecule has 0 aliphatic carbocycles. The third kappa shape index (κ3) is 4.87. The summed E-state index contributed by atoms with van der Waals surface area (Å²) in [7, 11) is 0. The van der Waals surface area contributed by atoms with E-state index in [1.165, 1.54) is 13.8 Å². The number of nitrogens with one attached hydrogen (secondary N) is 1. The first-order chi connectivity index (χ1) is 14.4. The predicted octanol–water partition coefficient (Wildman–Crippen LogP) is 5.80. The molecule has 166 valence electrons. The van der Waals surface area contributed by atoms with Gasteiger partial charge in [-0.05, 0) is 77.3 Å². The molecule has 0 aliphatic heterocycles. The normalized spacial score (nSPS) is 12.8. The summed E-state index contributed by atoms with van der Waals surface area (Å²) >= 11 is 6.43. The SMILES string of the molecule is Cc1nn(Cc2cccc(NC(=O)C(C)n3nc(C(F)(F)F)c(Br)c3C)c2)c(C)c1Br. The second-order valence-electron chi connectivity index (χ2n) is 7.20. The Morgan fingerprint density at radius 3 is 2.35 bits per heavy atom. The van der Waals surface area contributed by atoms with E-state index >= 15 is 0 Å². The first-order valence-corrected chi connectivity index (χ1v) is 10.9. The van der Waals surface area contributed by atoms with Crippen LogP contribution in [0.25, 0.3) is 0 Å². The summed E-state index contributed by atoms with van der Waals surface area (Å²) in [5.74, 6) is -0.474. The number of hydrogen-bond donors (Lipinski definition) is 1. The van der Waals surface area contributed by atoms with Crippen LogP contribution < -0.4 is 5.32 Å². The highest BCUT2D eigenvalue weighted by molar-refractivity contribution is 9.10. The Kier molecular flexibility index (Phi) is 6.66. The molecule has 0 spiro atoms. The van der Waals surface area contributed by atoms with E-state index in [4.69, 9.17) is 0 Å². The minimum absolute atomic E-state index is 0.169. The van der Waals surface area contributed by atoms with Gasteiger partial charge in [0.15, 0.2) is 5.69 Å². The summed E-state index contributed by atoms with van der Waals surface area (Å²) in [4.78, 5) is 12.7. The minimum atomic E-state index is -4.61. The molecular weight excluding hydrogens is 543 g/mol. The Balaban J connectivity index is 1.78. The third-order valence-corrected chi connectivity index (χ3v) is 7.01. The Labute approximate surface area is 194 Å². The molecule has 1 atom stereocenters. The lowest BCUT2D eigenvalue weighted by Crippen LogP contribution is -2.25. The van der Waals surface area contributed by atoms with Crippen LogP contribution >= 0.6 is 31.9 Å². The zero-order chi connectivity index (χ0) is 23.1. The fourth-order valence-electron chi connectivity index (χ4n) is 3.16. The number of aromatic nitrogens is 4. The second kappa shape index (κ2) is 8.78. The number of aryl methyl sites for hydroxylation is 1. The molecule has 1 amide bonds. The lowest BCUT2D eigenvalue weighted by molar-refractivity contribution is -0.142. The van der Waals surface area contributed by atoms with Crippen molar-refractivity contribution in [2.45, 2.75) is 46.5 Å². The Bertz CT molecular complexity index is 1140. The van der Waals surface area contributed by atoms with Crippen molar-refractivity contribution >= 4 is 43.5 Å². The summed E-state index contributed by atoms with van der Waals surface area (Å²) in [6.07, 6.45) is -4.61. The monoisotopic (exact) mass is 561 g/mol. The van der Waals surface area contributed by atoms with Crippen LogP contribution in [0.2, 0.25) is 0 Å². The van der Waals surface area contributed by atoms with Crippen molar-refractivity contribution in [3.8, 4) is 0 Å². The first-order valence-electron chi connectivity index (χ1n) is 9.31. The maximum Gasteiger partial charge on any atom is 0.436 e. The van der Waals surface area contributed by atoms with Gasteiger partial charge in [0.1, 0.15) is 6.04 Å². The lowest BCUT2D eigenvalue weighted by atomic mass is 10.2. The number of rotatable bonds is 5. The molecule has 31 heavy (non-hydrogen) atoms. The van der Waals surface area contributed by atoms with Crippen LogP contribution in [0, 0.1) is 20.8 Å². The molecule has 1 aromatic carbocycles. The number of carbonyl (C=O) groups is 1. The molecule has 0 aliphatic rings. The van der Waals surface area contributed by atoms with E-state index in [1.54, 1.807) is 12.1 Å². The van der Waals surface area contributed by atoms with Gasteiger partial charge in [0.05, 0.1) is 32.6 Å². The molecule has 3 aromatic rings. The van der Waals surface area contributed by atoms with Gasteiger partial charge < -0.3 is 5.32 Å². The smallest absolute Gasteiger partial charge is 0.324 e. The van der Waals surface area contributed by atoms with Gasteiger partial charge in [0, 0.05) is 5.69 Å². The van der Waals surface area contributed by atoms with Crippen molar-refractivity contribution in [3.63, 3.8) is 0 Å². The molecule has 6 nitrogen and oxygen atoms in total. The highest BCUT2D eigenvalue weighted by Gasteiger charge is 2.39. The zero-order valence-corrected chi connectivity index (χ0v) is 20.4. The number of nitrogens with zero attached hydrogens (tertiary/aromatic N) is 4. The van der Waals surface area contributed by atoms with Crippen LogP contribution in [0.4, 0.5) is 18.9 Å². The molecule has 2 heterocycles. The summed E-state index contributed by atoms with van der Waals surface area (Å²) in [6.45, 7) is 7.35. The molecule has 1 N–H and O–H groups in total. The van der Waals surface area contributed by atoms with Gasteiger partial charge in [0.2, 0.25) is 5.91 Å². The molecule has 2 aromatic heterocycles. The molecule has 1 unspecified atom stereocenters. The van der Waals surface area contributed by atoms with Crippen molar-refractivity contribution in [1.29, 1.82) is 0 Å². The summed E-state index contributed by atoms with van der Waals surface area (Å²) in [5.41, 5.74) is 2.49. The van der Waals surface area contributed by atoms with Gasteiger partial charge in [-0.2, -0.15) is 23.4 Å². The number of anilines is 1. The van der Waals surface area contributed by atoms with E-state index in [1.807, 2.05) is 30.7 Å². The Hall–Kier alpha value is -2.14. The molecular formula is C20H20Br2F3N5O. The summed E-state index contributed by atoms with van der Waals surface area (Å²) < 4.78 is 43.0. The van der Waals surface area contributed by atoms with E-state index in [9.17, 15) is 18.0 Å². The predicted molar refractivity (Wildman–Crippen MR) is 118 cm³/mol. The first kappa shape index (κ1) is 23.5. The number of benzene rings is 1. The molecule has 0 saturated carbocycles. The summed E-state index contributed by atoms with van der Waals surface area (Å²) in [6, 6.07) is 6.30. The number of hydrogen-bond acceptors (Lipinski definition) is 3. The van der Waals surface area contributed by atoms with Crippen LogP contribution in [0.5, 0.6) is 0 Å². The van der Waals surface area contributed by atoms with Gasteiger partial charge in [0.25, 0.3) is 0 Å². The minimum Gasteiger partial charge on any atom is -0.324 e. The van der Waals surface area contributed by atoms with Crippen LogP contribution in [-0.4, -0.2) is 25.5 Å². The molecule has 0 radical (unpaired) electrons. The maximum atomic E-state index is 13.1. The largest absolute Gasteiger partial charge is 0.436 e. The third-order valence-electron chi connectivity index (χ3n) is 4.91. The van der Waals surface area contributed by atoms with Gasteiger partial charge >= 0.3 is 6.18 Å². The fraction of sp³-hybridized carbons (Fsp3) is 0.350. The number of alkyl halides is 3. The van der Waals surface area contributed by atoms with Crippen LogP contribution in [0.15, 0.2) is 33.2 Å². The zero-order valence-electron chi connectivity index (χ0n) is 17.2. The average Bonchev–Trinajstić information content (AvgIpc) is 3.12. The van der Waals surface area contributed by atoms with E-state index in [2.05, 4.69) is 47.4 Å². The van der Waals surface area contributed by atoms with Crippen molar-refractivity contribution in [2.24, 2.45) is 0 Å². The summed E-state index contributed by atoms with van der Waals surface area (Å²) in [5, 5.41) is 10.8. The highest BCUT2D eigenvalue weighted by Crippen LogP contribution is 2.36. The van der Waals surface area contributed by atoms with Gasteiger partial charge in [-0.15, -0.1) is 0 Å². The quantitative estimate of drug-likeness (QED) is 0.427. The van der Waals surface area contributed by atoms with Crippen molar-refractivity contribution in [1.82, 2.24) is 19.6 Å². The van der Waals surface area contributed by atoms with Gasteiger partial charge in [-0.1, -0.05) is 12.1 Å². The van der Waals surface area contributed by atoms with E-state index in [0.29, 0.717) is 12.2 Å². The molecule has 0 fully saturated rings. The van der Waals surface area contributed by atoms with E-state index in [-0.39, 0.29) is 10.2 Å². The highest BCUT2D eigenvalue weighted by atomic mass is 79.9. The standard InChI is InChI=1S/C20H20Br2F3N5O/c1-10-16(21)11(2)29(27-10)9-14-6-5-7-15(8-14)26-19(31)13(4)30-12(3)17(22)18(28-30)20(23,24)25/h5-8,13H,9H2,1-4H3,(H,26,31). The Morgan fingerprint density at radius 2 is 1.81 bits per heavy atom. The van der Waals surface area contributed by atoms with Crippen LogP contribution in [-0.2, 0) is 17.5 Å². The van der Waals surface area contributed by atoms with E-state index in [0.717, 1.165) is 26.1 Å². The average molecular weight is 563 g/mol. The molecule has 11 heteroatoms. The van der Waals surface area contributed by atoms with Crippen LogP contribution in [0.3, 0.4) is 0 Å². The number of halogens is 5. The lowest BCUT2D eigenvalue weighted by Gasteiger charge is -2.15. The van der Waals surface area contributed by atoms with Gasteiger partial charge in [-0.25, -0.2) is 0 Å². The second-order valence-corrected chi connectivity index (χ2v) is 8.78. The maximum absolute atomic E-state index is 13.1. The number of amides is 1. The van der Waals surface area contributed by atoms with Crippen molar-refractivity contribution < 1.29 is 18.0 Å². The van der Waals surface area contributed by atoms with Crippen LogP contribution in [0.1, 0.15) is 41.3 Å². The van der Waals surface area contributed by atoms with Crippen molar-refractivity contribution in [3.05, 3.63) is 61.6 Å². The van der Waals surface area contributed by atoms with Gasteiger partial charge in [-0.3, -0.25) is 14.2 Å². The molecule has 0 bridgehead atoms. The molecule has 0 saturated heterocycles. The number of carbonyl (C=O) groups excluding carboxylic acids is 1. The van der Waals surface area contributed by atoms with E-state index < -0.39 is 23.8 Å². The topological polar surface area (TPSA) is 64.7 Å².